The highest BCUT2D eigenvalue weighted by Crippen LogP contribution is 2.24. The first-order valence-corrected chi connectivity index (χ1v) is 8.58. The van der Waals surface area contributed by atoms with E-state index in [1.54, 1.807) is 0 Å². The number of rotatable bonds is 6. The lowest BCUT2D eigenvalue weighted by Gasteiger charge is -2.23. The van der Waals surface area contributed by atoms with Crippen LogP contribution in [0.25, 0.3) is 11.3 Å². The first-order chi connectivity index (χ1) is 11.6. The van der Waals surface area contributed by atoms with Crippen molar-refractivity contribution in [1.29, 1.82) is 0 Å². The smallest absolute Gasteiger partial charge is 0.134 e. The van der Waals surface area contributed by atoms with Crippen molar-refractivity contribution in [3.05, 3.63) is 83.1 Å². The van der Waals surface area contributed by atoms with Gasteiger partial charge in [0.25, 0.3) is 0 Å². The summed E-state index contributed by atoms with van der Waals surface area (Å²) in [5.74, 6) is 1.85. The van der Waals surface area contributed by atoms with Crippen LogP contribution in [-0.2, 0) is 13.0 Å². The maximum atomic E-state index is 6.00. The molecule has 0 saturated carbocycles. The van der Waals surface area contributed by atoms with Gasteiger partial charge < -0.3 is 4.42 Å². The van der Waals surface area contributed by atoms with Crippen LogP contribution in [0.15, 0.2) is 71.1 Å². The van der Waals surface area contributed by atoms with Gasteiger partial charge in [-0.25, -0.2) is 0 Å². The van der Waals surface area contributed by atoms with Crippen molar-refractivity contribution in [2.24, 2.45) is 0 Å². The second-order valence-corrected chi connectivity index (χ2v) is 6.66. The van der Waals surface area contributed by atoms with Gasteiger partial charge in [0.15, 0.2) is 0 Å². The van der Waals surface area contributed by atoms with Gasteiger partial charge in [0.05, 0.1) is 6.54 Å². The Morgan fingerprint density at radius 2 is 1.67 bits per heavy atom. The number of hydrogen-bond donors (Lipinski definition) is 0. The molecule has 0 aliphatic carbocycles. The number of halogens is 1. The van der Waals surface area contributed by atoms with Crippen LogP contribution in [0.5, 0.6) is 0 Å². The summed E-state index contributed by atoms with van der Waals surface area (Å²) in [5, 5.41) is 0.736. The lowest BCUT2D eigenvalue weighted by molar-refractivity contribution is 0.229. The predicted octanol–water partition coefficient (Wildman–Crippen LogP) is 5.66. The summed E-state index contributed by atoms with van der Waals surface area (Å²) in [5.41, 5.74) is 2.41. The topological polar surface area (TPSA) is 16.4 Å². The zero-order valence-electron chi connectivity index (χ0n) is 14.1. The van der Waals surface area contributed by atoms with E-state index in [-0.39, 0.29) is 0 Å². The standard InChI is InChI=1S/C21H22ClNO/c1-16(14-17-6-4-3-5-7-17)23(2)15-20-12-13-21(24-20)18-8-10-19(22)11-9-18/h3-13,16H,14-15H2,1-2H3. The van der Waals surface area contributed by atoms with Gasteiger partial charge >= 0.3 is 0 Å². The van der Waals surface area contributed by atoms with Crippen LogP contribution >= 0.6 is 11.6 Å². The average Bonchev–Trinajstić information content (AvgIpc) is 3.05. The second-order valence-electron chi connectivity index (χ2n) is 6.23. The number of likely N-dealkylation sites (N-methyl/N-ethyl adjacent to an activating group) is 1. The highest BCUT2D eigenvalue weighted by molar-refractivity contribution is 6.30. The monoisotopic (exact) mass is 339 g/mol. The fourth-order valence-corrected chi connectivity index (χ4v) is 2.87. The molecule has 0 aliphatic rings. The van der Waals surface area contributed by atoms with Gasteiger partial charge in [0.2, 0.25) is 0 Å². The zero-order chi connectivity index (χ0) is 16.9. The average molecular weight is 340 g/mol. The fraction of sp³-hybridized carbons (Fsp3) is 0.238. The van der Waals surface area contributed by atoms with Gasteiger partial charge in [0, 0.05) is 16.6 Å². The van der Waals surface area contributed by atoms with Gasteiger partial charge in [-0.3, -0.25) is 4.90 Å². The third-order valence-electron chi connectivity index (χ3n) is 4.32. The molecule has 1 aromatic heterocycles. The van der Waals surface area contributed by atoms with Gasteiger partial charge in [-0.15, -0.1) is 0 Å². The molecule has 3 heteroatoms. The van der Waals surface area contributed by atoms with Crippen molar-refractivity contribution < 1.29 is 4.42 Å². The molecule has 0 spiro atoms. The minimum atomic E-state index is 0.441. The summed E-state index contributed by atoms with van der Waals surface area (Å²) in [6.07, 6.45) is 1.03. The third-order valence-corrected chi connectivity index (χ3v) is 4.57. The van der Waals surface area contributed by atoms with Crippen LogP contribution in [0.3, 0.4) is 0 Å². The Bertz CT molecular complexity index is 764. The number of hydrogen-bond acceptors (Lipinski definition) is 2. The summed E-state index contributed by atoms with van der Waals surface area (Å²) in [6, 6.07) is 22.8. The molecule has 2 nitrogen and oxygen atoms in total. The van der Waals surface area contributed by atoms with Gasteiger partial charge in [-0.05, 0) is 62.4 Å². The van der Waals surface area contributed by atoms with Crippen molar-refractivity contribution in [1.82, 2.24) is 4.90 Å². The summed E-state index contributed by atoms with van der Waals surface area (Å²) < 4.78 is 6.00. The van der Waals surface area contributed by atoms with Crippen molar-refractivity contribution in [2.45, 2.75) is 25.9 Å². The van der Waals surface area contributed by atoms with Gasteiger partial charge in [-0.1, -0.05) is 41.9 Å². The van der Waals surface area contributed by atoms with E-state index in [9.17, 15) is 0 Å². The van der Waals surface area contributed by atoms with E-state index in [1.165, 1.54) is 5.56 Å². The Labute approximate surface area is 148 Å². The maximum absolute atomic E-state index is 6.00. The summed E-state index contributed by atoms with van der Waals surface area (Å²) in [6.45, 7) is 3.04. The first-order valence-electron chi connectivity index (χ1n) is 8.20. The Morgan fingerprint density at radius 3 is 2.38 bits per heavy atom. The van der Waals surface area contributed by atoms with E-state index in [1.807, 2.05) is 30.3 Å². The molecule has 1 atom stereocenters. The molecule has 0 saturated heterocycles. The number of furan rings is 1. The van der Waals surface area contributed by atoms with Gasteiger partial charge in [-0.2, -0.15) is 0 Å². The Morgan fingerprint density at radius 1 is 0.958 bits per heavy atom. The molecular formula is C21H22ClNO. The molecule has 1 unspecified atom stereocenters. The van der Waals surface area contributed by atoms with Crippen LogP contribution in [0.4, 0.5) is 0 Å². The Balaban J connectivity index is 1.62. The van der Waals surface area contributed by atoms with Crippen LogP contribution in [-0.4, -0.2) is 18.0 Å². The molecule has 0 amide bonds. The van der Waals surface area contributed by atoms with E-state index in [4.69, 9.17) is 16.0 Å². The first kappa shape index (κ1) is 16.8. The van der Waals surface area contributed by atoms with Crippen LogP contribution in [0, 0.1) is 0 Å². The number of benzene rings is 2. The van der Waals surface area contributed by atoms with E-state index < -0.39 is 0 Å². The lowest BCUT2D eigenvalue weighted by atomic mass is 10.1. The summed E-state index contributed by atoms with van der Waals surface area (Å²) >= 11 is 5.94. The largest absolute Gasteiger partial charge is 0.460 e. The minimum absolute atomic E-state index is 0.441. The van der Waals surface area contributed by atoms with Gasteiger partial charge in [0.1, 0.15) is 11.5 Å². The van der Waals surface area contributed by atoms with Crippen molar-refractivity contribution in [2.75, 3.05) is 7.05 Å². The molecule has 124 valence electrons. The molecular weight excluding hydrogens is 318 g/mol. The van der Waals surface area contributed by atoms with E-state index in [2.05, 4.69) is 55.3 Å². The fourth-order valence-electron chi connectivity index (χ4n) is 2.74. The van der Waals surface area contributed by atoms with E-state index in [0.29, 0.717) is 6.04 Å². The normalized spacial score (nSPS) is 12.5. The number of nitrogens with zero attached hydrogens (tertiary/aromatic N) is 1. The lowest BCUT2D eigenvalue weighted by Crippen LogP contribution is -2.30. The second kappa shape index (κ2) is 7.69. The minimum Gasteiger partial charge on any atom is -0.460 e. The Hall–Kier alpha value is -2.03. The molecule has 0 N–H and O–H groups in total. The van der Waals surface area contributed by atoms with E-state index in [0.717, 1.165) is 35.1 Å². The maximum Gasteiger partial charge on any atom is 0.134 e. The molecule has 0 aliphatic heterocycles. The predicted molar refractivity (Wildman–Crippen MR) is 100 cm³/mol. The molecule has 0 bridgehead atoms. The summed E-state index contributed by atoms with van der Waals surface area (Å²) in [7, 11) is 2.14. The molecule has 2 aromatic carbocycles. The SMILES string of the molecule is CC(Cc1ccccc1)N(C)Cc1ccc(-c2ccc(Cl)cc2)o1. The third kappa shape index (κ3) is 4.28. The van der Waals surface area contributed by atoms with E-state index >= 15 is 0 Å². The molecule has 3 aromatic rings. The molecule has 24 heavy (non-hydrogen) atoms. The molecule has 1 heterocycles. The van der Waals surface area contributed by atoms with Crippen LogP contribution in [0.1, 0.15) is 18.2 Å². The quantitative estimate of drug-likeness (QED) is 0.576. The highest BCUT2D eigenvalue weighted by Gasteiger charge is 2.13. The van der Waals surface area contributed by atoms with Crippen molar-refractivity contribution in [3.8, 4) is 11.3 Å². The molecule has 3 rings (SSSR count). The zero-order valence-corrected chi connectivity index (χ0v) is 14.8. The van der Waals surface area contributed by atoms with Crippen LogP contribution in [0.2, 0.25) is 5.02 Å². The molecule has 0 fully saturated rings. The summed E-state index contributed by atoms with van der Waals surface area (Å²) in [4.78, 5) is 2.32. The molecule has 0 radical (unpaired) electrons. The Kier molecular flexibility index (Phi) is 5.39. The van der Waals surface area contributed by atoms with Crippen molar-refractivity contribution >= 4 is 11.6 Å². The van der Waals surface area contributed by atoms with Crippen molar-refractivity contribution in [3.63, 3.8) is 0 Å². The highest BCUT2D eigenvalue weighted by atomic mass is 35.5. The van der Waals surface area contributed by atoms with Crippen LogP contribution < -0.4 is 0 Å².